The highest BCUT2D eigenvalue weighted by Gasteiger charge is 2.30. The molecule has 0 bridgehead atoms. The van der Waals surface area contributed by atoms with Gasteiger partial charge in [-0.3, -0.25) is 9.59 Å². The second-order valence-corrected chi connectivity index (χ2v) is 7.53. The lowest BCUT2D eigenvalue weighted by molar-refractivity contribution is -0.135. The number of aliphatic carboxylic acids is 2. The molecular weight excluding hydrogens is 426 g/mol. The van der Waals surface area contributed by atoms with Crippen LogP contribution in [0, 0.1) is 0 Å². The van der Waals surface area contributed by atoms with E-state index in [-0.39, 0.29) is 35.6 Å². The van der Waals surface area contributed by atoms with E-state index < -0.39 is 11.9 Å². The van der Waals surface area contributed by atoms with Crippen LogP contribution in [0.5, 0.6) is 11.5 Å². The summed E-state index contributed by atoms with van der Waals surface area (Å²) in [6.07, 6.45) is 1.92. The molecule has 2 atom stereocenters. The molecule has 9 heteroatoms. The molecule has 8 nitrogen and oxygen atoms in total. The van der Waals surface area contributed by atoms with E-state index in [4.69, 9.17) is 24.5 Å². The quantitative estimate of drug-likeness (QED) is 0.472. The molecule has 31 heavy (non-hydrogen) atoms. The lowest BCUT2D eigenvalue weighted by Crippen LogP contribution is -2.51. The third-order valence-corrected chi connectivity index (χ3v) is 4.37. The highest BCUT2D eigenvalue weighted by molar-refractivity contribution is 5.92. The number of halogens is 1. The van der Waals surface area contributed by atoms with Crippen LogP contribution in [-0.4, -0.2) is 57.2 Å². The van der Waals surface area contributed by atoms with Crippen molar-refractivity contribution in [3.05, 3.63) is 35.9 Å². The zero-order valence-electron chi connectivity index (χ0n) is 18.2. The summed E-state index contributed by atoms with van der Waals surface area (Å²) in [7, 11) is 0. The molecule has 174 valence electrons. The minimum Gasteiger partial charge on any atom is -0.508 e. The molecular formula is C22H32ClNO7. The van der Waals surface area contributed by atoms with Gasteiger partial charge in [0.25, 0.3) is 11.9 Å². The molecule has 1 saturated heterocycles. The molecule has 0 radical (unpaired) electrons. The standard InChI is InChI=1S/C18H23NO3.2C2H4O2.ClH/c1-12-10-19-11-18(2,22-12)7-6-13-4-3-5-14-8-15(20)9-16(21)17(13)14;2*1-2(3)4;/h3-5,8-9,12,19-21H,6-7,10-11H2,1-2H3;2*1H3,(H,3,4);1H. The fourth-order valence-corrected chi connectivity index (χ4v) is 3.33. The van der Waals surface area contributed by atoms with Crippen LogP contribution < -0.4 is 5.32 Å². The number of phenols is 2. The fraction of sp³-hybridized carbons (Fsp3) is 0.455. The van der Waals surface area contributed by atoms with Gasteiger partial charge < -0.3 is 30.5 Å². The number of hydrogen-bond donors (Lipinski definition) is 5. The van der Waals surface area contributed by atoms with E-state index in [1.165, 1.54) is 6.07 Å². The fourth-order valence-electron chi connectivity index (χ4n) is 3.33. The van der Waals surface area contributed by atoms with E-state index in [9.17, 15) is 10.2 Å². The number of carboxylic acids is 2. The van der Waals surface area contributed by atoms with Crippen LogP contribution in [0.15, 0.2) is 30.3 Å². The second kappa shape index (κ2) is 13.0. The molecule has 0 amide bonds. The molecule has 2 aromatic carbocycles. The summed E-state index contributed by atoms with van der Waals surface area (Å²) in [5.74, 6) is -1.45. The van der Waals surface area contributed by atoms with Gasteiger partial charge in [0.2, 0.25) is 0 Å². The molecule has 5 N–H and O–H groups in total. The maximum Gasteiger partial charge on any atom is 0.300 e. The highest BCUT2D eigenvalue weighted by Crippen LogP contribution is 2.34. The van der Waals surface area contributed by atoms with Gasteiger partial charge >= 0.3 is 0 Å². The third kappa shape index (κ3) is 10.3. The summed E-state index contributed by atoms with van der Waals surface area (Å²) in [5.41, 5.74) is 0.893. The number of benzene rings is 2. The van der Waals surface area contributed by atoms with Gasteiger partial charge in [0.1, 0.15) is 11.5 Å². The molecule has 2 unspecified atom stereocenters. The van der Waals surface area contributed by atoms with E-state index in [0.29, 0.717) is 0 Å². The number of aryl methyl sites for hydroxylation is 1. The van der Waals surface area contributed by atoms with Crippen molar-refractivity contribution in [2.45, 2.75) is 52.2 Å². The number of morpholine rings is 1. The molecule has 1 aliphatic heterocycles. The van der Waals surface area contributed by atoms with Gasteiger partial charge in [-0.1, -0.05) is 18.2 Å². The van der Waals surface area contributed by atoms with Crippen LogP contribution >= 0.6 is 12.4 Å². The van der Waals surface area contributed by atoms with E-state index in [1.54, 1.807) is 6.07 Å². The van der Waals surface area contributed by atoms with Crippen LogP contribution in [0.4, 0.5) is 0 Å². The summed E-state index contributed by atoms with van der Waals surface area (Å²) in [6.45, 7) is 8.11. The maximum absolute atomic E-state index is 10.2. The first kappa shape index (κ1) is 28.5. The van der Waals surface area contributed by atoms with Gasteiger partial charge in [-0.05, 0) is 43.7 Å². The Labute approximate surface area is 188 Å². The number of rotatable bonds is 3. The predicted molar refractivity (Wildman–Crippen MR) is 121 cm³/mol. The van der Waals surface area contributed by atoms with Crippen LogP contribution in [0.2, 0.25) is 0 Å². The molecule has 0 aliphatic carbocycles. The second-order valence-electron chi connectivity index (χ2n) is 7.53. The zero-order valence-corrected chi connectivity index (χ0v) is 19.0. The summed E-state index contributed by atoms with van der Waals surface area (Å²) in [5, 5.41) is 39.7. The predicted octanol–water partition coefficient (Wildman–Crippen LogP) is 3.55. The first-order chi connectivity index (χ1) is 13.9. The molecule has 0 saturated carbocycles. The molecule has 3 rings (SSSR count). The van der Waals surface area contributed by atoms with E-state index >= 15 is 0 Å². The lowest BCUT2D eigenvalue weighted by Gasteiger charge is -2.38. The summed E-state index contributed by atoms with van der Waals surface area (Å²) in [6, 6.07) is 8.97. The Morgan fingerprint density at radius 2 is 1.74 bits per heavy atom. The van der Waals surface area contributed by atoms with Gasteiger partial charge in [-0.2, -0.15) is 0 Å². The van der Waals surface area contributed by atoms with Crippen molar-refractivity contribution < 1.29 is 34.8 Å². The van der Waals surface area contributed by atoms with Crippen LogP contribution in [0.25, 0.3) is 10.8 Å². The van der Waals surface area contributed by atoms with Crippen molar-refractivity contribution in [1.29, 1.82) is 0 Å². The van der Waals surface area contributed by atoms with E-state index in [0.717, 1.165) is 56.1 Å². The largest absolute Gasteiger partial charge is 0.508 e. The van der Waals surface area contributed by atoms with Crippen molar-refractivity contribution >= 4 is 35.1 Å². The molecule has 0 spiro atoms. The molecule has 2 aromatic rings. The Morgan fingerprint density at radius 1 is 1.16 bits per heavy atom. The normalized spacial score (nSPS) is 19.7. The van der Waals surface area contributed by atoms with Crippen molar-refractivity contribution in [3.63, 3.8) is 0 Å². The SMILES string of the molecule is CC(=O)O.CC(=O)O.CC1CNCC(C)(CCc2cccc3cc(O)cc(O)c23)O1.Cl. The number of phenolic OH excluding ortho intramolecular Hbond substituents is 2. The Balaban J connectivity index is 0.000000867. The number of nitrogens with one attached hydrogen (secondary N) is 1. The molecule has 1 fully saturated rings. The van der Waals surface area contributed by atoms with Crippen molar-refractivity contribution in [3.8, 4) is 11.5 Å². The van der Waals surface area contributed by atoms with Gasteiger partial charge in [-0.15, -0.1) is 12.4 Å². The van der Waals surface area contributed by atoms with Gasteiger partial charge in [0, 0.05) is 38.4 Å². The zero-order chi connectivity index (χ0) is 22.9. The van der Waals surface area contributed by atoms with Gasteiger partial charge in [0.05, 0.1) is 11.7 Å². The number of hydrogen-bond acceptors (Lipinski definition) is 6. The number of carbonyl (C=O) groups is 2. The first-order valence-electron chi connectivity index (χ1n) is 9.64. The third-order valence-electron chi connectivity index (χ3n) is 4.37. The highest BCUT2D eigenvalue weighted by atomic mass is 35.5. The minimum atomic E-state index is -0.833. The minimum absolute atomic E-state index is 0. The summed E-state index contributed by atoms with van der Waals surface area (Å²) < 4.78 is 6.09. The van der Waals surface area contributed by atoms with Crippen molar-refractivity contribution in [2.75, 3.05) is 13.1 Å². The summed E-state index contributed by atoms with van der Waals surface area (Å²) >= 11 is 0. The lowest BCUT2D eigenvalue weighted by atomic mass is 9.92. The Morgan fingerprint density at radius 3 is 2.29 bits per heavy atom. The van der Waals surface area contributed by atoms with Gasteiger partial charge in [0.15, 0.2) is 0 Å². The maximum atomic E-state index is 10.2. The van der Waals surface area contributed by atoms with Crippen LogP contribution in [0.3, 0.4) is 0 Å². The number of aromatic hydroxyl groups is 2. The van der Waals surface area contributed by atoms with Crippen LogP contribution in [0.1, 0.15) is 39.7 Å². The first-order valence-corrected chi connectivity index (χ1v) is 9.64. The topological polar surface area (TPSA) is 136 Å². The smallest absolute Gasteiger partial charge is 0.300 e. The summed E-state index contributed by atoms with van der Waals surface area (Å²) in [4.78, 5) is 18.0. The number of carboxylic acid groups (broad SMARTS) is 2. The Kier molecular flexibility index (Phi) is 11.9. The Hall–Kier alpha value is -2.55. The van der Waals surface area contributed by atoms with E-state index in [1.807, 2.05) is 18.2 Å². The van der Waals surface area contributed by atoms with Crippen LogP contribution in [-0.2, 0) is 20.7 Å². The van der Waals surface area contributed by atoms with Gasteiger partial charge in [-0.25, -0.2) is 0 Å². The number of fused-ring (bicyclic) bond motifs is 1. The molecule has 1 heterocycles. The van der Waals surface area contributed by atoms with Crippen molar-refractivity contribution in [1.82, 2.24) is 5.32 Å². The molecule has 1 aliphatic rings. The average Bonchev–Trinajstić information content (AvgIpc) is 2.58. The molecule has 0 aromatic heterocycles. The Bertz CT molecular complexity index is 854. The van der Waals surface area contributed by atoms with E-state index in [2.05, 4.69) is 19.2 Å². The number of ether oxygens (including phenoxy) is 1. The average molecular weight is 458 g/mol. The van der Waals surface area contributed by atoms with Crippen molar-refractivity contribution in [2.24, 2.45) is 0 Å². The monoisotopic (exact) mass is 457 g/mol.